The number of H-pyrrole nitrogens is 1. The minimum atomic E-state index is -0.279. The molecule has 0 bridgehead atoms. The lowest BCUT2D eigenvalue weighted by Gasteiger charge is -2.10. The molecule has 4 rings (SSSR count). The molecule has 1 aromatic carbocycles. The van der Waals surface area contributed by atoms with Crippen molar-refractivity contribution in [2.24, 2.45) is 0 Å². The van der Waals surface area contributed by atoms with Crippen molar-refractivity contribution in [3.8, 4) is 22.5 Å². The third-order valence-corrected chi connectivity index (χ3v) is 5.07. The normalized spacial score (nSPS) is 11.0. The Balaban J connectivity index is 1.68. The number of hydrogen-bond donors (Lipinski definition) is 2. The van der Waals surface area contributed by atoms with Gasteiger partial charge in [-0.1, -0.05) is 11.9 Å². The largest absolute Gasteiger partial charge is 0.329 e. The van der Waals surface area contributed by atoms with Crippen molar-refractivity contribution in [3.05, 3.63) is 94.4 Å². The molecule has 3 heterocycles. The monoisotopic (exact) mass is 421 g/mol. The Bertz CT molecular complexity index is 1200. The highest BCUT2D eigenvalue weighted by Crippen LogP contribution is 2.27. The first-order chi connectivity index (χ1) is 14.6. The predicted molar refractivity (Wildman–Crippen MR) is 117 cm³/mol. The lowest BCUT2D eigenvalue weighted by Crippen LogP contribution is -2.08. The van der Waals surface area contributed by atoms with Crippen molar-refractivity contribution < 1.29 is 4.39 Å². The molecule has 6 nitrogen and oxygen atoms in total. The molecule has 2 N–H and O–H groups in total. The summed E-state index contributed by atoms with van der Waals surface area (Å²) < 4.78 is 18.3. The van der Waals surface area contributed by atoms with Crippen LogP contribution in [-0.2, 0) is 13.1 Å². The number of hydrogen-bond acceptors (Lipinski definition) is 5. The van der Waals surface area contributed by atoms with Gasteiger partial charge < -0.3 is 4.98 Å². The van der Waals surface area contributed by atoms with Gasteiger partial charge in [0.2, 0.25) is 5.56 Å². The van der Waals surface area contributed by atoms with Crippen molar-refractivity contribution >= 4 is 11.9 Å². The van der Waals surface area contributed by atoms with Gasteiger partial charge in [0, 0.05) is 42.3 Å². The minimum absolute atomic E-state index is 0.136. The first-order valence-corrected chi connectivity index (χ1v) is 10.6. The number of rotatable bonds is 7. The topological polar surface area (TPSA) is 75.6 Å². The quantitative estimate of drug-likeness (QED) is 0.443. The van der Waals surface area contributed by atoms with Crippen LogP contribution >= 0.6 is 11.9 Å². The van der Waals surface area contributed by atoms with Crippen molar-refractivity contribution in [2.45, 2.75) is 13.1 Å². The summed E-state index contributed by atoms with van der Waals surface area (Å²) in [6, 6.07) is 13.6. The molecule has 4 aromatic rings. The zero-order valence-electron chi connectivity index (χ0n) is 16.3. The summed E-state index contributed by atoms with van der Waals surface area (Å²) in [4.78, 5) is 18.7. The SMILES string of the molecule is CSNCc1cnc(-c2ccc(F)cc2)cc1-c1ccn(Cc2cc[nH]c(=O)c2)n1. The Labute approximate surface area is 177 Å². The van der Waals surface area contributed by atoms with Gasteiger partial charge >= 0.3 is 0 Å². The minimum Gasteiger partial charge on any atom is -0.329 e. The van der Waals surface area contributed by atoms with Gasteiger partial charge in [0.05, 0.1) is 17.9 Å². The molecule has 8 heteroatoms. The van der Waals surface area contributed by atoms with Crippen LogP contribution in [-0.4, -0.2) is 26.0 Å². The van der Waals surface area contributed by atoms with Crippen LogP contribution in [0.2, 0.25) is 0 Å². The molecular weight excluding hydrogens is 401 g/mol. The van der Waals surface area contributed by atoms with E-state index in [0.717, 1.165) is 33.6 Å². The molecule has 0 atom stereocenters. The lowest BCUT2D eigenvalue weighted by molar-refractivity contribution is 0.628. The third-order valence-electron chi connectivity index (χ3n) is 4.63. The van der Waals surface area contributed by atoms with Crippen molar-refractivity contribution in [3.63, 3.8) is 0 Å². The second-order valence-electron chi connectivity index (χ2n) is 6.72. The number of aromatic nitrogens is 4. The molecule has 30 heavy (non-hydrogen) atoms. The summed E-state index contributed by atoms with van der Waals surface area (Å²) in [6.07, 6.45) is 7.32. The van der Waals surface area contributed by atoms with Gasteiger partial charge in [-0.15, -0.1) is 0 Å². The van der Waals surface area contributed by atoms with E-state index in [1.54, 1.807) is 29.1 Å². The number of nitrogens with one attached hydrogen (secondary N) is 2. The zero-order valence-corrected chi connectivity index (χ0v) is 17.1. The van der Waals surface area contributed by atoms with Gasteiger partial charge in [0.1, 0.15) is 5.82 Å². The van der Waals surface area contributed by atoms with Crippen LogP contribution in [0.15, 0.2) is 71.9 Å². The molecular formula is C22H20FN5OS. The Morgan fingerprint density at radius 3 is 2.73 bits per heavy atom. The highest BCUT2D eigenvalue weighted by atomic mass is 32.2. The number of nitrogens with zero attached hydrogens (tertiary/aromatic N) is 3. The fourth-order valence-corrected chi connectivity index (χ4v) is 3.46. The van der Waals surface area contributed by atoms with Crippen LogP contribution in [0.5, 0.6) is 0 Å². The van der Waals surface area contributed by atoms with Crippen LogP contribution in [0.25, 0.3) is 22.5 Å². The Morgan fingerprint density at radius 1 is 1.13 bits per heavy atom. The molecule has 152 valence electrons. The number of halogens is 1. The molecule has 0 amide bonds. The van der Waals surface area contributed by atoms with Gasteiger partial charge in [-0.3, -0.25) is 19.2 Å². The Morgan fingerprint density at radius 2 is 1.97 bits per heavy atom. The van der Waals surface area contributed by atoms with Crippen LogP contribution in [0, 0.1) is 5.82 Å². The first-order valence-electron chi connectivity index (χ1n) is 9.34. The van der Waals surface area contributed by atoms with Gasteiger partial charge in [-0.25, -0.2) is 4.39 Å². The Kier molecular flexibility index (Phi) is 6.06. The molecule has 0 aliphatic rings. The van der Waals surface area contributed by atoms with E-state index in [-0.39, 0.29) is 11.4 Å². The van der Waals surface area contributed by atoms with Gasteiger partial charge in [-0.2, -0.15) is 5.10 Å². The van der Waals surface area contributed by atoms with Crippen LogP contribution in [0.3, 0.4) is 0 Å². The molecule has 0 fully saturated rings. The summed E-state index contributed by atoms with van der Waals surface area (Å²) in [5, 5.41) is 4.71. The molecule has 0 saturated carbocycles. The van der Waals surface area contributed by atoms with Crippen LogP contribution in [0.4, 0.5) is 4.39 Å². The maximum atomic E-state index is 13.3. The highest BCUT2D eigenvalue weighted by Gasteiger charge is 2.12. The number of pyridine rings is 2. The maximum Gasteiger partial charge on any atom is 0.248 e. The Hall–Kier alpha value is -3.23. The summed E-state index contributed by atoms with van der Waals surface area (Å²) >= 11 is 1.53. The molecule has 0 radical (unpaired) electrons. The number of aromatic amines is 1. The molecule has 0 aliphatic heterocycles. The van der Waals surface area contributed by atoms with Gasteiger partial charge in [-0.05, 0) is 59.8 Å². The zero-order chi connectivity index (χ0) is 20.9. The fourth-order valence-electron chi connectivity index (χ4n) is 3.16. The van der Waals surface area contributed by atoms with E-state index in [1.165, 1.54) is 24.1 Å². The standard InChI is InChI=1S/C22H20FN5OS/c1-30-26-13-17-12-25-21(16-2-4-18(23)5-3-16)11-19(17)20-7-9-28(27-20)14-15-6-8-24-22(29)10-15/h2-12,26H,13-14H2,1H3,(H,24,29). The fraction of sp³-hybridized carbons (Fsp3) is 0.136. The van der Waals surface area contributed by atoms with E-state index in [0.29, 0.717) is 13.1 Å². The van der Waals surface area contributed by atoms with Gasteiger partial charge in [0.15, 0.2) is 0 Å². The second kappa shape index (κ2) is 9.06. The first kappa shape index (κ1) is 20.1. The van der Waals surface area contributed by atoms with Crippen molar-refractivity contribution in [1.29, 1.82) is 0 Å². The highest BCUT2D eigenvalue weighted by molar-refractivity contribution is 7.96. The summed E-state index contributed by atoms with van der Waals surface area (Å²) in [7, 11) is 0. The van der Waals surface area contributed by atoms with Crippen LogP contribution in [0.1, 0.15) is 11.1 Å². The summed E-state index contributed by atoms with van der Waals surface area (Å²) in [5.41, 5.74) is 5.10. The maximum absolute atomic E-state index is 13.3. The average molecular weight is 422 g/mol. The second-order valence-corrected chi connectivity index (χ2v) is 7.42. The molecule has 0 aliphatic carbocycles. The van der Waals surface area contributed by atoms with Gasteiger partial charge in [0.25, 0.3) is 0 Å². The van der Waals surface area contributed by atoms with Crippen molar-refractivity contribution in [1.82, 2.24) is 24.5 Å². The van der Waals surface area contributed by atoms with E-state index in [1.807, 2.05) is 36.8 Å². The molecule has 0 saturated heterocycles. The lowest BCUT2D eigenvalue weighted by atomic mass is 10.0. The van der Waals surface area contributed by atoms with E-state index in [2.05, 4.69) is 14.7 Å². The van der Waals surface area contributed by atoms with Crippen LogP contribution < -0.4 is 10.3 Å². The number of benzene rings is 1. The third kappa shape index (κ3) is 4.67. The summed E-state index contributed by atoms with van der Waals surface area (Å²) in [6.45, 7) is 1.13. The molecule has 0 unspecified atom stereocenters. The molecule has 3 aromatic heterocycles. The van der Waals surface area contributed by atoms with E-state index < -0.39 is 0 Å². The van der Waals surface area contributed by atoms with E-state index in [4.69, 9.17) is 5.10 Å². The van der Waals surface area contributed by atoms with E-state index >= 15 is 0 Å². The predicted octanol–water partition coefficient (Wildman–Crippen LogP) is 3.86. The smallest absolute Gasteiger partial charge is 0.248 e. The van der Waals surface area contributed by atoms with Crippen molar-refractivity contribution in [2.75, 3.05) is 6.26 Å². The average Bonchev–Trinajstić information content (AvgIpc) is 3.21. The molecule has 0 spiro atoms. The summed E-state index contributed by atoms with van der Waals surface area (Å²) in [5.74, 6) is -0.279. The van der Waals surface area contributed by atoms with E-state index in [9.17, 15) is 9.18 Å².